The lowest BCUT2D eigenvalue weighted by Crippen LogP contribution is -2.16. The molecule has 10 aromatic rings. The van der Waals surface area contributed by atoms with Gasteiger partial charge < -0.3 is 0 Å². The van der Waals surface area contributed by atoms with Crippen LogP contribution in [0.3, 0.4) is 0 Å². The number of amidine groups is 1. The molecule has 0 saturated carbocycles. The van der Waals surface area contributed by atoms with Gasteiger partial charge in [0, 0.05) is 53.9 Å². The topological polar surface area (TPSA) is 24.7 Å². The second-order valence-electron chi connectivity index (χ2n) is 17.9. The van der Waals surface area contributed by atoms with E-state index >= 15 is 0 Å². The molecule has 0 spiro atoms. The molecule has 11 rings (SSSR count). The van der Waals surface area contributed by atoms with Crippen LogP contribution in [0.5, 0.6) is 0 Å². The van der Waals surface area contributed by atoms with E-state index in [4.69, 9.17) is 9.98 Å². The summed E-state index contributed by atoms with van der Waals surface area (Å²) >= 11 is 1.86. The Bertz CT molecular complexity index is 3580. The zero-order chi connectivity index (χ0) is 44.8. The Hall–Kier alpha value is -7.68. The van der Waals surface area contributed by atoms with E-state index in [1.165, 1.54) is 70.2 Å². The molecule has 66 heavy (non-hydrogen) atoms. The van der Waals surface area contributed by atoms with Crippen molar-refractivity contribution in [3.8, 4) is 22.3 Å². The van der Waals surface area contributed by atoms with Gasteiger partial charge in [0.05, 0.1) is 0 Å². The Morgan fingerprint density at radius 2 is 1.23 bits per heavy atom. The molecule has 1 aromatic heterocycles. The molecule has 0 saturated heterocycles. The Balaban J connectivity index is 0.993. The second-order valence-corrected chi connectivity index (χ2v) is 19.0. The monoisotopic (exact) mass is 864 g/mol. The van der Waals surface area contributed by atoms with Crippen LogP contribution in [-0.2, 0) is 11.8 Å². The van der Waals surface area contributed by atoms with E-state index in [1.807, 2.05) is 41.7 Å². The zero-order valence-electron chi connectivity index (χ0n) is 37.4. The smallest absolute Gasteiger partial charge is 0.161 e. The van der Waals surface area contributed by atoms with Gasteiger partial charge in [-0.2, -0.15) is 0 Å². The lowest BCUT2D eigenvalue weighted by molar-refractivity contribution is 0.657. The van der Waals surface area contributed by atoms with E-state index in [0.717, 1.165) is 39.6 Å². The van der Waals surface area contributed by atoms with Crippen molar-refractivity contribution >= 4 is 59.5 Å². The minimum atomic E-state index is -0.0766. The van der Waals surface area contributed by atoms with Gasteiger partial charge >= 0.3 is 0 Å². The number of fused-ring (bicyclic) bond motifs is 7. The summed E-state index contributed by atoms with van der Waals surface area (Å²) in [5.41, 5.74) is 19.5. The van der Waals surface area contributed by atoms with Crippen LogP contribution < -0.4 is 0 Å². The van der Waals surface area contributed by atoms with Gasteiger partial charge in [0.15, 0.2) is 5.84 Å². The fraction of sp³-hybridized carbons (Fsp3) is 0.0952. The molecular formula is C63H48N2S. The first kappa shape index (κ1) is 41.1. The molecule has 0 amide bonds. The predicted molar refractivity (Wildman–Crippen MR) is 282 cm³/mol. The second kappa shape index (κ2) is 17.0. The molecule has 2 nitrogen and oxygen atoms in total. The SMILES string of the molecule is C=C=C(/N=C(\N=C(/C)c1cccc2sc3cc(CC(c4ccc(-c5ccccc5)cc4)c4ccc5c(c4)C(C)(C)c4ccccc4-5)ccc3c12)c1cccc2ccccc12)c1ccccc1. The van der Waals surface area contributed by atoms with Gasteiger partial charge in [0.25, 0.3) is 0 Å². The molecule has 0 N–H and O–H groups in total. The first-order valence-electron chi connectivity index (χ1n) is 22.8. The van der Waals surface area contributed by atoms with Crippen molar-refractivity contribution in [1.82, 2.24) is 0 Å². The standard InChI is InChI=1S/C63H48N2S/c1-5-58(47-21-10-7-11-22-47)65-62(53-27-16-23-45-20-12-13-24-50(45)53)64-41(2)49-26-17-29-59-61(49)54-36-30-42(39-60(54)66-59)38-55(46-33-31-44(32-34-46)43-18-8-6-9-19-43)48-35-37-52-51-25-14-15-28-56(51)63(3,4)57(52)40-48/h6-37,39-40,55H,1,38H2,2-4H3/b64-41+,65-62-. The summed E-state index contributed by atoms with van der Waals surface area (Å²) in [6.07, 6.45) is 0.875. The maximum absolute atomic E-state index is 5.40. The highest BCUT2D eigenvalue weighted by atomic mass is 32.1. The molecule has 0 aliphatic heterocycles. The molecule has 9 aromatic carbocycles. The minimum absolute atomic E-state index is 0.0766. The highest BCUT2D eigenvalue weighted by molar-refractivity contribution is 7.25. The van der Waals surface area contributed by atoms with Crippen molar-refractivity contribution in [2.24, 2.45) is 9.98 Å². The summed E-state index contributed by atoms with van der Waals surface area (Å²) in [5.74, 6) is 0.786. The van der Waals surface area contributed by atoms with Crippen molar-refractivity contribution in [2.75, 3.05) is 0 Å². The zero-order valence-corrected chi connectivity index (χ0v) is 38.2. The normalized spacial score (nSPS) is 13.7. The van der Waals surface area contributed by atoms with E-state index in [0.29, 0.717) is 11.5 Å². The van der Waals surface area contributed by atoms with Crippen molar-refractivity contribution in [3.05, 3.63) is 263 Å². The highest BCUT2D eigenvalue weighted by Crippen LogP contribution is 2.50. The molecular weight excluding hydrogens is 817 g/mol. The number of rotatable bonds is 9. The van der Waals surface area contributed by atoms with Crippen molar-refractivity contribution in [1.29, 1.82) is 0 Å². The van der Waals surface area contributed by atoms with E-state index in [9.17, 15) is 0 Å². The quantitative estimate of drug-likeness (QED) is 0.0785. The average Bonchev–Trinajstić information content (AvgIpc) is 3.85. The van der Waals surface area contributed by atoms with Crippen molar-refractivity contribution in [2.45, 2.75) is 38.5 Å². The summed E-state index contributed by atoms with van der Waals surface area (Å²) in [6.45, 7) is 10.9. The van der Waals surface area contributed by atoms with Crippen molar-refractivity contribution in [3.63, 3.8) is 0 Å². The first-order valence-corrected chi connectivity index (χ1v) is 23.6. The molecule has 0 radical (unpaired) electrons. The summed E-state index contributed by atoms with van der Waals surface area (Å²) in [4.78, 5) is 10.6. The van der Waals surface area contributed by atoms with Gasteiger partial charge in [-0.25, -0.2) is 9.98 Å². The lowest BCUT2D eigenvalue weighted by atomic mass is 9.79. The van der Waals surface area contributed by atoms with Crippen LogP contribution in [0.2, 0.25) is 0 Å². The number of nitrogens with zero attached hydrogens (tertiary/aromatic N) is 2. The summed E-state index contributed by atoms with van der Waals surface area (Å²) < 4.78 is 2.51. The third-order valence-corrected chi connectivity index (χ3v) is 14.7. The van der Waals surface area contributed by atoms with E-state index < -0.39 is 0 Å². The third-order valence-electron chi connectivity index (χ3n) is 13.6. The molecule has 1 heterocycles. The Kier molecular flexibility index (Phi) is 10.6. The Labute approximate surface area is 391 Å². The van der Waals surface area contributed by atoms with Crippen LogP contribution in [0.4, 0.5) is 0 Å². The van der Waals surface area contributed by atoms with E-state index in [1.54, 1.807) is 0 Å². The number of thiophene rings is 1. The maximum Gasteiger partial charge on any atom is 0.161 e. The van der Waals surface area contributed by atoms with Crippen LogP contribution >= 0.6 is 11.3 Å². The van der Waals surface area contributed by atoms with Gasteiger partial charge in [0.1, 0.15) is 5.70 Å². The van der Waals surface area contributed by atoms with Gasteiger partial charge in [-0.05, 0) is 86.3 Å². The van der Waals surface area contributed by atoms with Crippen LogP contribution in [0, 0.1) is 0 Å². The van der Waals surface area contributed by atoms with Gasteiger partial charge in [-0.15, -0.1) is 17.1 Å². The fourth-order valence-corrected chi connectivity index (χ4v) is 11.3. The van der Waals surface area contributed by atoms with Crippen LogP contribution in [-0.4, -0.2) is 11.5 Å². The largest absolute Gasteiger partial charge is 0.233 e. The van der Waals surface area contributed by atoms with Crippen LogP contribution in [0.15, 0.2) is 229 Å². The maximum atomic E-state index is 5.40. The van der Waals surface area contributed by atoms with Crippen molar-refractivity contribution < 1.29 is 0 Å². The highest BCUT2D eigenvalue weighted by Gasteiger charge is 2.35. The van der Waals surface area contributed by atoms with Crippen LogP contribution in [0.1, 0.15) is 71.2 Å². The van der Waals surface area contributed by atoms with E-state index in [-0.39, 0.29) is 11.3 Å². The number of hydrogen-bond donors (Lipinski definition) is 0. The van der Waals surface area contributed by atoms with E-state index in [2.05, 4.69) is 209 Å². The van der Waals surface area contributed by atoms with Gasteiger partial charge in [0.2, 0.25) is 0 Å². The molecule has 316 valence electrons. The minimum Gasteiger partial charge on any atom is -0.233 e. The predicted octanol–water partition coefficient (Wildman–Crippen LogP) is 16.6. The molecule has 0 fully saturated rings. The molecule has 1 unspecified atom stereocenters. The fourth-order valence-electron chi connectivity index (χ4n) is 10.1. The Morgan fingerprint density at radius 1 is 0.561 bits per heavy atom. The summed E-state index contributed by atoms with van der Waals surface area (Å²) in [7, 11) is 0. The Morgan fingerprint density at radius 3 is 2.05 bits per heavy atom. The molecule has 1 aliphatic rings. The summed E-state index contributed by atoms with van der Waals surface area (Å²) in [5, 5.41) is 4.69. The first-order chi connectivity index (χ1) is 32.3. The molecule has 1 atom stereocenters. The summed E-state index contributed by atoms with van der Waals surface area (Å²) in [6, 6.07) is 74.7. The average molecular weight is 865 g/mol. The van der Waals surface area contributed by atoms with Gasteiger partial charge in [-0.3, -0.25) is 0 Å². The van der Waals surface area contributed by atoms with Gasteiger partial charge in [-0.1, -0.05) is 215 Å². The third kappa shape index (κ3) is 7.43. The molecule has 3 heteroatoms. The number of hydrogen-bond acceptors (Lipinski definition) is 2. The number of benzene rings is 9. The molecule has 0 bridgehead atoms. The lowest BCUT2D eigenvalue weighted by Gasteiger charge is -2.24. The number of aliphatic imine (C=N–C) groups is 2. The van der Waals surface area contributed by atoms with Crippen LogP contribution in [0.25, 0.3) is 58.9 Å². The molecule has 1 aliphatic carbocycles.